The second-order valence-corrected chi connectivity index (χ2v) is 8.64. The Bertz CT molecular complexity index is 1080. The molecule has 33 heavy (non-hydrogen) atoms. The third-order valence-corrected chi connectivity index (χ3v) is 5.26. The summed E-state index contributed by atoms with van der Waals surface area (Å²) in [6.45, 7) is 9.12. The van der Waals surface area contributed by atoms with Crippen molar-refractivity contribution in [1.29, 1.82) is 0 Å². The van der Waals surface area contributed by atoms with E-state index < -0.39 is 17.1 Å². The summed E-state index contributed by atoms with van der Waals surface area (Å²) in [5.74, 6) is -0.256. The molecule has 0 radical (unpaired) electrons. The van der Waals surface area contributed by atoms with E-state index in [9.17, 15) is 19.5 Å². The van der Waals surface area contributed by atoms with Gasteiger partial charge in [0.15, 0.2) is 0 Å². The van der Waals surface area contributed by atoms with Gasteiger partial charge in [-0.15, -0.1) is 0 Å². The van der Waals surface area contributed by atoms with Gasteiger partial charge in [-0.2, -0.15) is 0 Å². The van der Waals surface area contributed by atoms with Crippen LogP contribution in [-0.4, -0.2) is 26.4 Å². The van der Waals surface area contributed by atoms with Crippen LogP contribution in [0.1, 0.15) is 90.8 Å². The van der Waals surface area contributed by atoms with Crippen LogP contribution in [0.15, 0.2) is 38.8 Å². The Labute approximate surface area is 194 Å². The molecule has 0 bridgehead atoms. The summed E-state index contributed by atoms with van der Waals surface area (Å²) >= 11 is 0. The number of benzene rings is 1. The molecule has 8 heteroatoms. The minimum Gasteiger partial charge on any atom is -0.494 e. The fourth-order valence-electron chi connectivity index (χ4n) is 3.48. The van der Waals surface area contributed by atoms with Crippen molar-refractivity contribution in [2.45, 2.75) is 85.2 Å². The van der Waals surface area contributed by atoms with Crippen LogP contribution in [0, 0.1) is 0 Å². The van der Waals surface area contributed by atoms with E-state index in [4.69, 9.17) is 4.74 Å². The number of nitrogens with zero attached hydrogens (tertiary/aromatic N) is 3. The number of esters is 1. The first kappa shape index (κ1) is 26.1. The Morgan fingerprint density at radius 2 is 1.61 bits per heavy atom. The second-order valence-electron chi connectivity index (χ2n) is 8.64. The minimum atomic E-state index is -0.599. The largest absolute Gasteiger partial charge is 0.494 e. The van der Waals surface area contributed by atoms with Crippen LogP contribution in [0.2, 0.25) is 0 Å². The van der Waals surface area contributed by atoms with Crippen molar-refractivity contribution in [1.82, 2.24) is 9.13 Å². The lowest BCUT2D eigenvalue weighted by Gasteiger charge is -2.18. The van der Waals surface area contributed by atoms with Crippen molar-refractivity contribution in [3.05, 3.63) is 50.7 Å². The average molecular weight is 458 g/mol. The normalized spacial score (nSPS) is 11.6. The smallest absolute Gasteiger partial charge is 0.334 e. The van der Waals surface area contributed by atoms with E-state index in [1.165, 1.54) is 17.2 Å². The summed E-state index contributed by atoms with van der Waals surface area (Å²) in [6, 6.07) is 5.85. The van der Waals surface area contributed by atoms with Crippen molar-refractivity contribution in [3.63, 3.8) is 0 Å². The SMILES string of the molecule is CCCCCCCC(=O)Oc1ccc(N=Cc2c(O)n(C(C)C)c(=O)n(C(C)C)c2=O)cc1. The number of ether oxygens (including phenoxy) is 1. The monoisotopic (exact) mass is 457 g/mol. The molecule has 0 spiro atoms. The van der Waals surface area contributed by atoms with Gasteiger partial charge in [0.25, 0.3) is 5.56 Å². The summed E-state index contributed by atoms with van der Waals surface area (Å²) in [4.78, 5) is 41.7. The molecule has 0 aliphatic heterocycles. The molecule has 0 aliphatic rings. The van der Waals surface area contributed by atoms with Gasteiger partial charge in [0.05, 0.1) is 5.69 Å². The molecule has 8 nitrogen and oxygen atoms in total. The van der Waals surface area contributed by atoms with Crippen LogP contribution in [0.25, 0.3) is 0 Å². The number of unbranched alkanes of at least 4 members (excludes halogenated alkanes) is 4. The zero-order chi connectivity index (χ0) is 24.5. The quantitative estimate of drug-likeness (QED) is 0.224. The zero-order valence-corrected chi connectivity index (χ0v) is 20.2. The number of aliphatic imine (C=N–C) groups is 1. The maximum Gasteiger partial charge on any atom is 0.334 e. The summed E-state index contributed by atoms with van der Waals surface area (Å²) < 4.78 is 7.63. The van der Waals surface area contributed by atoms with E-state index in [0.29, 0.717) is 17.9 Å². The Kier molecular flexibility index (Phi) is 9.63. The first-order valence-corrected chi connectivity index (χ1v) is 11.6. The third-order valence-electron chi connectivity index (χ3n) is 5.26. The predicted molar refractivity (Wildman–Crippen MR) is 130 cm³/mol. The van der Waals surface area contributed by atoms with Gasteiger partial charge in [0.1, 0.15) is 11.3 Å². The van der Waals surface area contributed by atoms with Gasteiger partial charge in [-0.3, -0.25) is 23.7 Å². The topological polar surface area (TPSA) is 103 Å². The first-order valence-electron chi connectivity index (χ1n) is 11.6. The van der Waals surface area contributed by atoms with Gasteiger partial charge in [-0.25, -0.2) is 4.79 Å². The second kappa shape index (κ2) is 12.2. The Morgan fingerprint density at radius 1 is 1.00 bits per heavy atom. The summed E-state index contributed by atoms with van der Waals surface area (Å²) in [5, 5.41) is 10.6. The molecule has 180 valence electrons. The standard InChI is InChI=1S/C25H35N3O5/c1-6-7-8-9-10-11-22(29)33-20-14-12-19(13-15-20)26-16-21-23(30)27(17(2)3)25(32)28(18(4)5)24(21)31/h12-18,30H,6-11H2,1-5H3. The lowest BCUT2D eigenvalue weighted by Crippen LogP contribution is -2.43. The van der Waals surface area contributed by atoms with E-state index in [1.54, 1.807) is 52.0 Å². The lowest BCUT2D eigenvalue weighted by atomic mass is 10.1. The molecule has 0 aliphatic carbocycles. The molecular formula is C25H35N3O5. The summed E-state index contributed by atoms with van der Waals surface area (Å²) in [6.07, 6.45) is 6.95. The first-order chi connectivity index (χ1) is 15.7. The van der Waals surface area contributed by atoms with Gasteiger partial charge in [-0.05, 0) is 58.4 Å². The molecule has 0 saturated carbocycles. The zero-order valence-electron chi connectivity index (χ0n) is 20.2. The highest BCUT2D eigenvalue weighted by Gasteiger charge is 2.20. The molecule has 0 atom stereocenters. The molecule has 0 saturated heterocycles. The van der Waals surface area contributed by atoms with E-state index in [1.807, 2.05) is 0 Å². The van der Waals surface area contributed by atoms with E-state index in [0.717, 1.165) is 30.3 Å². The lowest BCUT2D eigenvalue weighted by molar-refractivity contribution is -0.134. The maximum atomic E-state index is 12.8. The van der Waals surface area contributed by atoms with Crippen molar-refractivity contribution < 1.29 is 14.6 Å². The van der Waals surface area contributed by atoms with E-state index >= 15 is 0 Å². The number of carbonyl (C=O) groups excluding carboxylic acids is 1. The van der Waals surface area contributed by atoms with Crippen molar-refractivity contribution in [2.24, 2.45) is 4.99 Å². The molecule has 2 rings (SSSR count). The number of rotatable bonds is 11. The van der Waals surface area contributed by atoms with Gasteiger partial charge >= 0.3 is 11.7 Å². The van der Waals surface area contributed by atoms with Gasteiger partial charge in [-0.1, -0.05) is 32.6 Å². The molecule has 1 aromatic carbocycles. The third kappa shape index (κ3) is 6.91. The molecule has 0 fully saturated rings. The van der Waals surface area contributed by atoms with Gasteiger partial charge < -0.3 is 9.84 Å². The van der Waals surface area contributed by atoms with Crippen LogP contribution >= 0.6 is 0 Å². The molecule has 1 aromatic heterocycles. The average Bonchev–Trinajstić information content (AvgIpc) is 2.74. The van der Waals surface area contributed by atoms with E-state index in [2.05, 4.69) is 11.9 Å². The van der Waals surface area contributed by atoms with Crippen molar-refractivity contribution in [3.8, 4) is 11.6 Å². The molecule has 2 aromatic rings. The van der Waals surface area contributed by atoms with E-state index in [-0.39, 0.29) is 23.6 Å². The highest BCUT2D eigenvalue weighted by Crippen LogP contribution is 2.20. The number of aromatic nitrogens is 2. The fraction of sp³-hybridized carbons (Fsp3) is 0.520. The maximum absolute atomic E-state index is 12.8. The Hall–Kier alpha value is -3.16. The van der Waals surface area contributed by atoms with Gasteiger partial charge in [0, 0.05) is 24.7 Å². The summed E-state index contributed by atoms with van der Waals surface area (Å²) in [7, 11) is 0. The van der Waals surface area contributed by atoms with Crippen molar-refractivity contribution >= 4 is 17.9 Å². The number of hydrogen-bond donors (Lipinski definition) is 1. The minimum absolute atomic E-state index is 0.0597. The van der Waals surface area contributed by atoms with Crippen LogP contribution in [0.4, 0.5) is 5.69 Å². The highest BCUT2D eigenvalue weighted by molar-refractivity contribution is 5.84. The molecule has 0 unspecified atom stereocenters. The molecule has 0 amide bonds. The Balaban J connectivity index is 2.16. The molecular weight excluding hydrogens is 422 g/mol. The Morgan fingerprint density at radius 3 is 2.18 bits per heavy atom. The number of hydrogen-bond acceptors (Lipinski definition) is 6. The predicted octanol–water partition coefficient (Wildman–Crippen LogP) is 4.89. The van der Waals surface area contributed by atoms with Crippen LogP contribution in [0.5, 0.6) is 11.6 Å². The van der Waals surface area contributed by atoms with Crippen LogP contribution in [0.3, 0.4) is 0 Å². The van der Waals surface area contributed by atoms with Crippen LogP contribution in [-0.2, 0) is 4.79 Å². The van der Waals surface area contributed by atoms with Crippen molar-refractivity contribution in [2.75, 3.05) is 0 Å². The van der Waals surface area contributed by atoms with Gasteiger partial charge in [0.2, 0.25) is 5.88 Å². The highest BCUT2D eigenvalue weighted by atomic mass is 16.5. The molecule has 1 heterocycles. The summed E-state index contributed by atoms with van der Waals surface area (Å²) in [5.41, 5.74) is -0.712. The number of aromatic hydroxyl groups is 1. The fourth-order valence-corrected chi connectivity index (χ4v) is 3.48. The van der Waals surface area contributed by atoms with Crippen LogP contribution < -0.4 is 16.0 Å². The molecule has 1 N–H and O–H groups in total. The number of carbonyl (C=O) groups is 1.